The van der Waals surface area contributed by atoms with Crippen molar-refractivity contribution in [3.8, 4) is 17.2 Å². The lowest BCUT2D eigenvalue weighted by atomic mass is 10.1. The summed E-state index contributed by atoms with van der Waals surface area (Å²) in [6, 6.07) is 77.4. The highest BCUT2D eigenvalue weighted by Crippen LogP contribution is 2.36. The van der Waals surface area contributed by atoms with Crippen LogP contribution < -0.4 is 41.5 Å². The average Bonchev–Trinajstić information content (AvgIpc) is 3.64. The monoisotopic (exact) mass is 732 g/mol. The summed E-state index contributed by atoms with van der Waals surface area (Å²) in [7, 11) is -5.68. The van der Waals surface area contributed by atoms with Crippen LogP contribution in [-0.2, 0) is 6.42 Å². The molecule has 0 amide bonds. The molecule has 0 fully saturated rings. The third-order valence-electron chi connectivity index (χ3n) is 11.5. The van der Waals surface area contributed by atoms with Crippen LogP contribution in [-0.4, -0.2) is 16.1 Å². The molecule has 258 valence electrons. The normalized spacial score (nSPS) is 11.9. The van der Waals surface area contributed by atoms with Crippen molar-refractivity contribution < 1.29 is 0 Å². The summed E-state index contributed by atoms with van der Waals surface area (Å²) in [6.45, 7) is 7.69. The van der Waals surface area contributed by atoms with Gasteiger partial charge in [-0.15, -0.1) is 0 Å². The number of rotatable bonds is 8. The van der Waals surface area contributed by atoms with E-state index in [0.717, 1.165) is 6.42 Å². The van der Waals surface area contributed by atoms with Gasteiger partial charge in [-0.1, -0.05) is 194 Å². The van der Waals surface area contributed by atoms with Crippen LogP contribution in [0, 0.1) is 17.9 Å². The van der Waals surface area contributed by atoms with Gasteiger partial charge in [0.1, 0.15) is 0 Å². The summed E-state index contributed by atoms with van der Waals surface area (Å²) in [6.07, 6.45) is 0.887. The van der Waals surface area contributed by atoms with E-state index >= 15 is 0 Å². The first-order valence-electron chi connectivity index (χ1n) is 18.6. The molecule has 1 aliphatic carbocycles. The molecule has 55 heavy (non-hydrogen) atoms. The highest BCUT2D eigenvalue weighted by atomic mass is 28.3. The van der Waals surface area contributed by atoms with E-state index in [1.54, 1.807) is 0 Å². The second-order valence-corrected chi connectivity index (χ2v) is 21.9. The number of hydrogen-bond acceptors (Lipinski definition) is 1. The zero-order chi connectivity index (χ0) is 37.2. The molecule has 4 heteroatoms. The van der Waals surface area contributed by atoms with E-state index in [9.17, 15) is 5.26 Å². The van der Waals surface area contributed by atoms with Crippen LogP contribution >= 0.6 is 0 Å². The van der Waals surface area contributed by atoms with E-state index in [0.29, 0.717) is 11.3 Å². The topological polar surface area (TPSA) is 28.1 Å². The molecule has 0 N–H and O–H groups in total. The first-order valence-corrected chi connectivity index (χ1v) is 22.6. The Labute approximate surface area is 325 Å². The molecule has 0 bridgehead atoms. The van der Waals surface area contributed by atoms with Crippen LogP contribution in [0.5, 0.6) is 0 Å². The fraction of sp³-hybridized carbons (Fsp3) is 0.0196. The molecule has 0 saturated carbocycles. The van der Waals surface area contributed by atoms with Crippen molar-refractivity contribution in [2.75, 3.05) is 0 Å². The van der Waals surface area contributed by atoms with Crippen LogP contribution in [0.2, 0.25) is 0 Å². The maximum atomic E-state index is 9.75. The third kappa shape index (κ3) is 5.59. The lowest BCUT2D eigenvalue weighted by molar-refractivity contribution is 1.27. The smallest absolute Gasteiger partial charge is 0.187 e. The van der Waals surface area contributed by atoms with Crippen LogP contribution in [0.4, 0.5) is 5.69 Å². The number of nitrogens with zero attached hydrogens (tertiary/aromatic N) is 2. The molecule has 0 spiro atoms. The quantitative estimate of drug-likeness (QED) is 0.101. The zero-order valence-corrected chi connectivity index (χ0v) is 32.2. The van der Waals surface area contributed by atoms with Gasteiger partial charge in [0.05, 0.1) is 18.2 Å². The Morgan fingerprint density at radius 2 is 0.727 bits per heavy atom. The molecule has 0 radical (unpaired) electrons. The summed E-state index contributed by atoms with van der Waals surface area (Å²) in [4.78, 5) is 3.74. The van der Waals surface area contributed by atoms with Crippen molar-refractivity contribution >= 4 is 63.3 Å². The fourth-order valence-corrected chi connectivity index (χ4v) is 18.5. The first-order chi connectivity index (χ1) is 27.2. The lowest BCUT2D eigenvalue weighted by Gasteiger charge is -2.35. The molecular formula is C51H36N2Si2. The largest absolute Gasteiger partial charge is 0.238 e. The first kappa shape index (κ1) is 34.0. The Morgan fingerprint density at radius 3 is 1.07 bits per heavy atom. The molecule has 0 aromatic heterocycles. The molecule has 2 nitrogen and oxygen atoms in total. The van der Waals surface area contributed by atoms with E-state index < -0.39 is 16.1 Å². The standard InChI is InChI=1S/C51H36N2Si2/c1-53-41-26-32-47(33-27-41)55(44-18-10-4-11-19-44,45-20-12-5-13-21-45)49-31-25-40-34-39-24-30-48(35-50(39)51(40)36-49)54(42-14-6-2-7-15-42,43-16-8-3-9-17-43)46-28-22-38(37-52)23-29-46/h2-33,35-36H,34H2. The molecule has 0 heterocycles. The highest BCUT2D eigenvalue weighted by molar-refractivity contribution is 7.20. The second kappa shape index (κ2) is 14.2. The predicted octanol–water partition coefficient (Wildman–Crippen LogP) is 6.44. The summed E-state index contributed by atoms with van der Waals surface area (Å²) < 4.78 is 0. The Bertz CT molecular complexity index is 2440. The van der Waals surface area contributed by atoms with Gasteiger partial charge in [-0.05, 0) is 82.3 Å². The molecule has 8 aromatic carbocycles. The van der Waals surface area contributed by atoms with E-state index in [-0.39, 0.29) is 0 Å². The van der Waals surface area contributed by atoms with E-state index in [2.05, 4.69) is 193 Å². The van der Waals surface area contributed by atoms with Crippen LogP contribution in [0.1, 0.15) is 16.7 Å². The van der Waals surface area contributed by atoms with Crippen molar-refractivity contribution in [1.82, 2.24) is 0 Å². The maximum absolute atomic E-state index is 9.75. The summed E-state index contributed by atoms with van der Waals surface area (Å²) in [5, 5.41) is 20.1. The fourth-order valence-electron chi connectivity index (χ4n) is 8.97. The molecule has 8 aromatic rings. The minimum Gasteiger partial charge on any atom is -0.238 e. The van der Waals surface area contributed by atoms with Crippen LogP contribution in [0.25, 0.3) is 16.0 Å². The van der Waals surface area contributed by atoms with Gasteiger partial charge in [-0.3, -0.25) is 0 Å². The minimum absolute atomic E-state index is 0.648. The molecule has 9 rings (SSSR count). The van der Waals surface area contributed by atoms with Gasteiger partial charge in [0.2, 0.25) is 0 Å². The maximum Gasteiger partial charge on any atom is 0.187 e. The number of hydrogen-bond donors (Lipinski definition) is 0. The van der Waals surface area contributed by atoms with Crippen molar-refractivity contribution in [3.63, 3.8) is 0 Å². The molecular weight excluding hydrogens is 697 g/mol. The van der Waals surface area contributed by atoms with Gasteiger partial charge in [-0.25, -0.2) is 4.85 Å². The van der Waals surface area contributed by atoms with Gasteiger partial charge in [0.15, 0.2) is 21.8 Å². The van der Waals surface area contributed by atoms with Crippen LogP contribution in [0.15, 0.2) is 206 Å². The number of fused-ring (bicyclic) bond motifs is 3. The van der Waals surface area contributed by atoms with Crippen molar-refractivity contribution in [2.24, 2.45) is 0 Å². The van der Waals surface area contributed by atoms with E-state index in [1.807, 2.05) is 24.3 Å². The molecule has 0 atom stereocenters. The van der Waals surface area contributed by atoms with E-state index in [4.69, 9.17) is 6.57 Å². The highest BCUT2D eigenvalue weighted by Gasteiger charge is 2.44. The number of nitriles is 1. The molecule has 0 aliphatic heterocycles. The Morgan fingerprint density at radius 1 is 0.400 bits per heavy atom. The van der Waals surface area contributed by atoms with Gasteiger partial charge < -0.3 is 0 Å². The average molecular weight is 733 g/mol. The predicted molar refractivity (Wildman–Crippen MR) is 233 cm³/mol. The Kier molecular flexibility index (Phi) is 8.77. The molecule has 0 unspecified atom stereocenters. The minimum atomic E-state index is -2.84. The van der Waals surface area contributed by atoms with Crippen molar-refractivity contribution in [1.29, 1.82) is 5.26 Å². The Balaban J connectivity index is 1.31. The third-order valence-corrected chi connectivity index (χ3v) is 21.0. The van der Waals surface area contributed by atoms with Crippen molar-refractivity contribution in [3.05, 3.63) is 234 Å². The van der Waals surface area contributed by atoms with Gasteiger partial charge in [0.25, 0.3) is 0 Å². The summed E-state index contributed by atoms with van der Waals surface area (Å²) in [5.41, 5.74) is 6.58. The zero-order valence-electron chi connectivity index (χ0n) is 30.2. The van der Waals surface area contributed by atoms with Gasteiger partial charge >= 0.3 is 0 Å². The van der Waals surface area contributed by atoms with Gasteiger partial charge in [-0.2, -0.15) is 5.26 Å². The lowest BCUT2D eigenvalue weighted by Crippen LogP contribution is -2.74. The summed E-state index contributed by atoms with van der Waals surface area (Å²) in [5.74, 6) is 0. The second-order valence-electron chi connectivity index (χ2n) is 14.2. The molecule has 1 aliphatic rings. The van der Waals surface area contributed by atoms with Crippen LogP contribution in [0.3, 0.4) is 0 Å². The van der Waals surface area contributed by atoms with E-state index in [1.165, 1.54) is 63.7 Å². The van der Waals surface area contributed by atoms with Crippen molar-refractivity contribution in [2.45, 2.75) is 6.42 Å². The SMILES string of the molecule is [C-]#[N+]c1ccc([Si](c2ccccc2)(c2ccccc2)c2ccc3c(c2)-c2cc([Si](c4ccccc4)(c4ccccc4)c4ccc(C#N)cc4)ccc2C3)cc1. The Hall–Kier alpha value is -6.83. The molecule has 0 saturated heterocycles. The number of benzene rings is 8. The van der Waals surface area contributed by atoms with Gasteiger partial charge in [0, 0.05) is 0 Å². The summed E-state index contributed by atoms with van der Waals surface area (Å²) >= 11 is 0.